The van der Waals surface area contributed by atoms with Crippen LogP contribution in [0.1, 0.15) is 12.0 Å². The van der Waals surface area contributed by atoms with Crippen LogP contribution < -0.4 is 4.74 Å². The van der Waals surface area contributed by atoms with Gasteiger partial charge in [-0.15, -0.1) is 23.5 Å². The number of hydrogen-bond acceptors (Lipinski definition) is 4. The number of rotatable bonds is 2. The molecule has 2 nitrogen and oxygen atoms in total. The summed E-state index contributed by atoms with van der Waals surface area (Å²) in [5.74, 6) is 2.96. The van der Waals surface area contributed by atoms with Gasteiger partial charge in [-0.3, -0.25) is 0 Å². The Hall–Kier alpha value is -0.790. The molecule has 4 heteroatoms. The van der Waals surface area contributed by atoms with Crippen molar-refractivity contribution in [2.24, 2.45) is 0 Å². The minimum atomic E-state index is -0.412. The van der Waals surface area contributed by atoms with Crippen LogP contribution in [-0.4, -0.2) is 18.6 Å². The fraction of sp³-hybridized carbons (Fsp3) is 0.417. The molecular weight excluding hydrogens is 238 g/mol. The molecule has 0 spiro atoms. The summed E-state index contributed by atoms with van der Waals surface area (Å²) < 4.78 is 4.71. The first kappa shape index (κ1) is 11.7. The molecule has 0 unspecified atom stereocenters. The van der Waals surface area contributed by atoms with E-state index in [0.717, 1.165) is 22.8 Å². The van der Waals surface area contributed by atoms with Gasteiger partial charge in [0.2, 0.25) is 0 Å². The normalized spacial score (nSPS) is 18.8. The highest BCUT2D eigenvalue weighted by atomic mass is 32.2. The van der Waals surface area contributed by atoms with E-state index in [-0.39, 0.29) is 0 Å². The Morgan fingerprint density at radius 2 is 1.88 bits per heavy atom. The van der Waals surface area contributed by atoms with Crippen molar-refractivity contribution in [3.63, 3.8) is 0 Å². The van der Waals surface area contributed by atoms with Gasteiger partial charge < -0.3 is 4.74 Å². The highest BCUT2D eigenvalue weighted by molar-refractivity contribution is 8.18. The van der Waals surface area contributed by atoms with Crippen LogP contribution in [0.4, 0.5) is 0 Å². The molecule has 0 radical (unpaired) electrons. The molecule has 0 amide bonds. The molecule has 0 aliphatic carbocycles. The van der Waals surface area contributed by atoms with Gasteiger partial charge in [0.25, 0.3) is 0 Å². The third kappa shape index (κ3) is 2.16. The van der Waals surface area contributed by atoms with Crippen molar-refractivity contribution in [1.29, 1.82) is 5.26 Å². The standard InChI is InChI=1S/C12H13NOS2/c1-14-11-5-3-10(4-6-11)12(9-13)15-7-2-8-16-12/h3-6H,2,7-8H2,1H3. The summed E-state index contributed by atoms with van der Waals surface area (Å²) in [6.45, 7) is 0. The zero-order valence-electron chi connectivity index (χ0n) is 9.10. The van der Waals surface area contributed by atoms with Gasteiger partial charge in [0.05, 0.1) is 13.2 Å². The predicted octanol–water partition coefficient (Wildman–Crippen LogP) is 3.24. The predicted molar refractivity (Wildman–Crippen MR) is 69.8 cm³/mol. The maximum atomic E-state index is 9.40. The SMILES string of the molecule is COc1ccc(C2(C#N)SCCCS2)cc1. The van der Waals surface area contributed by atoms with Gasteiger partial charge in [-0.2, -0.15) is 5.26 Å². The van der Waals surface area contributed by atoms with Crippen molar-refractivity contribution in [2.45, 2.75) is 10.5 Å². The van der Waals surface area contributed by atoms with Crippen molar-refractivity contribution < 1.29 is 4.74 Å². The van der Waals surface area contributed by atoms with E-state index < -0.39 is 4.08 Å². The van der Waals surface area contributed by atoms with Gasteiger partial charge in [0.1, 0.15) is 5.75 Å². The molecule has 2 rings (SSSR count). The lowest BCUT2D eigenvalue weighted by Gasteiger charge is -2.29. The molecule has 1 fully saturated rings. The van der Waals surface area contributed by atoms with Gasteiger partial charge >= 0.3 is 0 Å². The Morgan fingerprint density at radius 3 is 2.38 bits per heavy atom. The van der Waals surface area contributed by atoms with Crippen molar-refractivity contribution >= 4 is 23.5 Å². The van der Waals surface area contributed by atoms with Crippen molar-refractivity contribution in [2.75, 3.05) is 18.6 Å². The Bertz CT molecular complexity index is 390. The van der Waals surface area contributed by atoms with E-state index in [2.05, 4.69) is 6.07 Å². The molecule has 0 bridgehead atoms. The van der Waals surface area contributed by atoms with Crippen molar-refractivity contribution in [1.82, 2.24) is 0 Å². The zero-order chi connectivity index (χ0) is 11.4. The topological polar surface area (TPSA) is 33.0 Å². The summed E-state index contributed by atoms with van der Waals surface area (Å²) in [5, 5.41) is 9.40. The molecule has 1 aliphatic heterocycles. The Balaban J connectivity index is 2.29. The summed E-state index contributed by atoms with van der Waals surface area (Å²) in [5.41, 5.74) is 1.07. The molecule has 16 heavy (non-hydrogen) atoms. The lowest BCUT2D eigenvalue weighted by atomic mass is 10.1. The van der Waals surface area contributed by atoms with Crippen LogP contribution >= 0.6 is 23.5 Å². The number of thioether (sulfide) groups is 2. The van der Waals surface area contributed by atoms with Crippen LogP contribution in [0.2, 0.25) is 0 Å². The number of nitrogens with zero attached hydrogens (tertiary/aromatic N) is 1. The van der Waals surface area contributed by atoms with E-state index in [4.69, 9.17) is 4.74 Å². The second-order valence-corrected chi connectivity index (χ2v) is 6.38. The second kappa shape index (κ2) is 5.03. The molecule has 0 N–H and O–H groups in total. The quantitative estimate of drug-likeness (QED) is 0.808. The second-order valence-electron chi connectivity index (χ2n) is 3.51. The highest BCUT2D eigenvalue weighted by Gasteiger charge is 2.35. The van der Waals surface area contributed by atoms with Gasteiger partial charge in [-0.05, 0) is 35.6 Å². The van der Waals surface area contributed by atoms with Crippen LogP contribution in [0.5, 0.6) is 5.75 Å². The van der Waals surface area contributed by atoms with Gasteiger partial charge in [-0.1, -0.05) is 12.1 Å². The maximum absolute atomic E-state index is 9.40. The number of benzene rings is 1. The average Bonchev–Trinajstić information content (AvgIpc) is 2.39. The molecule has 1 aromatic rings. The summed E-state index contributed by atoms with van der Waals surface area (Å²) in [6, 6.07) is 10.3. The van der Waals surface area contributed by atoms with Gasteiger partial charge in [0.15, 0.2) is 4.08 Å². The first-order valence-electron chi connectivity index (χ1n) is 5.14. The van der Waals surface area contributed by atoms with Crippen LogP contribution in [0.3, 0.4) is 0 Å². The number of ether oxygens (including phenoxy) is 1. The first-order valence-corrected chi connectivity index (χ1v) is 7.11. The summed E-state index contributed by atoms with van der Waals surface area (Å²) in [7, 11) is 1.65. The fourth-order valence-electron chi connectivity index (χ4n) is 1.64. The third-order valence-electron chi connectivity index (χ3n) is 2.52. The molecule has 84 valence electrons. The Morgan fingerprint density at radius 1 is 1.25 bits per heavy atom. The van der Waals surface area contributed by atoms with E-state index >= 15 is 0 Å². The van der Waals surface area contributed by atoms with Crippen LogP contribution in [-0.2, 0) is 4.08 Å². The van der Waals surface area contributed by atoms with E-state index in [1.165, 1.54) is 6.42 Å². The molecule has 0 atom stereocenters. The molecule has 1 aliphatic rings. The molecule has 1 aromatic carbocycles. The van der Waals surface area contributed by atoms with E-state index in [1.807, 2.05) is 24.3 Å². The monoisotopic (exact) mass is 251 g/mol. The molecule has 1 heterocycles. The average molecular weight is 251 g/mol. The molecule has 1 saturated heterocycles. The number of hydrogen-bond donors (Lipinski definition) is 0. The summed E-state index contributed by atoms with van der Waals surface area (Å²) >= 11 is 3.48. The lowest BCUT2D eigenvalue weighted by molar-refractivity contribution is 0.414. The number of methoxy groups -OCH3 is 1. The van der Waals surface area contributed by atoms with Crippen molar-refractivity contribution in [3.8, 4) is 11.8 Å². The maximum Gasteiger partial charge on any atom is 0.173 e. The summed E-state index contributed by atoms with van der Waals surface area (Å²) in [4.78, 5) is 0. The fourth-order valence-corrected chi connectivity index (χ4v) is 4.54. The van der Waals surface area contributed by atoms with Crippen molar-refractivity contribution in [3.05, 3.63) is 29.8 Å². The van der Waals surface area contributed by atoms with Crippen LogP contribution in [0.15, 0.2) is 24.3 Å². The first-order chi connectivity index (χ1) is 7.80. The van der Waals surface area contributed by atoms with Gasteiger partial charge in [-0.25, -0.2) is 0 Å². The van der Waals surface area contributed by atoms with Crippen LogP contribution in [0, 0.1) is 11.3 Å². The third-order valence-corrected chi connectivity index (χ3v) is 5.68. The largest absolute Gasteiger partial charge is 0.497 e. The minimum Gasteiger partial charge on any atom is -0.497 e. The van der Waals surface area contributed by atoms with Gasteiger partial charge in [0, 0.05) is 0 Å². The zero-order valence-corrected chi connectivity index (χ0v) is 10.7. The molecular formula is C12H13NOS2. The van der Waals surface area contributed by atoms with E-state index in [9.17, 15) is 5.26 Å². The lowest BCUT2D eigenvalue weighted by Crippen LogP contribution is -2.20. The Kier molecular flexibility index (Phi) is 3.67. The highest BCUT2D eigenvalue weighted by Crippen LogP contribution is 2.49. The summed E-state index contributed by atoms with van der Waals surface area (Å²) in [6.07, 6.45) is 1.19. The van der Waals surface area contributed by atoms with E-state index in [1.54, 1.807) is 30.6 Å². The molecule has 0 saturated carbocycles. The number of nitriles is 1. The van der Waals surface area contributed by atoms with Crippen LogP contribution in [0.25, 0.3) is 0 Å². The smallest absolute Gasteiger partial charge is 0.173 e. The Labute approximate surface area is 104 Å². The van der Waals surface area contributed by atoms with E-state index in [0.29, 0.717) is 0 Å². The molecule has 0 aromatic heterocycles. The minimum absolute atomic E-state index is 0.412.